The van der Waals surface area contributed by atoms with E-state index in [1.807, 2.05) is 19.9 Å². The van der Waals surface area contributed by atoms with Crippen molar-refractivity contribution in [1.82, 2.24) is 0 Å². The van der Waals surface area contributed by atoms with Crippen LogP contribution in [-0.2, 0) is 6.42 Å². The summed E-state index contributed by atoms with van der Waals surface area (Å²) < 4.78 is 0. The number of nitrogens with two attached hydrogens (primary N) is 1. The molecule has 0 saturated heterocycles. The maximum Gasteiger partial charge on any atom is 0.119 e. The Hall–Kier alpha value is -1.02. The molecule has 1 aromatic rings. The number of phenols is 1. The average Bonchev–Trinajstić information content (AvgIpc) is 2.17. The van der Waals surface area contributed by atoms with Crippen LogP contribution in [-0.4, -0.2) is 11.7 Å². The molecule has 1 atom stereocenters. The van der Waals surface area contributed by atoms with E-state index in [9.17, 15) is 5.11 Å². The molecular formula is C12H19NO. The first-order chi connectivity index (χ1) is 6.60. The summed E-state index contributed by atoms with van der Waals surface area (Å²) in [6.45, 7) is 6.82. The lowest BCUT2D eigenvalue weighted by Crippen LogP contribution is -2.10. The molecule has 3 N–H and O–H groups in total. The van der Waals surface area contributed by atoms with E-state index in [1.165, 1.54) is 5.56 Å². The third kappa shape index (κ3) is 2.07. The highest BCUT2D eigenvalue weighted by atomic mass is 16.3. The van der Waals surface area contributed by atoms with Crippen molar-refractivity contribution in [2.75, 3.05) is 6.54 Å². The quantitative estimate of drug-likeness (QED) is 0.774. The first kappa shape index (κ1) is 11.1. The predicted octanol–water partition coefficient (Wildman–Crippen LogP) is 2.33. The molecule has 0 spiro atoms. The molecule has 0 aliphatic heterocycles. The second-order valence-electron chi connectivity index (χ2n) is 3.83. The van der Waals surface area contributed by atoms with Gasteiger partial charge in [0.2, 0.25) is 0 Å². The second kappa shape index (κ2) is 4.47. The number of aryl methyl sites for hydroxylation is 2. The van der Waals surface area contributed by atoms with Crippen LogP contribution in [0.25, 0.3) is 0 Å². The van der Waals surface area contributed by atoms with Crippen LogP contribution in [0.4, 0.5) is 0 Å². The summed E-state index contributed by atoms with van der Waals surface area (Å²) in [6, 6.07) is 3.91. The zero-order chi connectivity index (χ0) is 10.7. The molecular weight excluding hydrogens is 174 g/mol. The van der Waals surface area contributed by atoms with Crippen molar-refractivity contribution in [2.24, 2.45) is 5.73 Å². The van der Waals surface area contributed by atoms with Gasteiger partial charge in [-0.2, -0.15) is 0 Å². The van der Waals surface area contributed by atoms with Gasteiger partial charge in [-0.15, -0.1) is 0 Å². The van der Waals surface area contributed by atoms with Crippen molar-refractivity contribution < 1.29 is 5.11 Å². The highest BCUT2D eigenvalue weighted by Gasteiger charge is 2.10. The van der Waals surface area contributed by atoms with Gasteiger partial charge in [0.05, 0.1) is 0 Å². The SMILES string of the molecule is CCc1cc(C(C)CN)c(C)cc1O. The number of phenolic OH excluding ortho intramolecular Hbond substituents is 1. The second-order valence-corrected chi connectivity index (χ2v) is 3.83. The van der Waals surface area contributed by atoms with Gasteiger partial charge in [-0.05, 0) is 48.6 Å². The molecule has 1 aromatic carbocycles. The van der Waals surface area contributed by atoms with Crippen molar-refractivity contribution in [3.05, 3.63) is 28.8 Å². The lowest BCUT2D eigenvalue weighted by atomic mass is 9.93. The number of hydrogen-bond acceptors (Lipinski definition) is 2. The summed E-state index contributed by atoms with van der Waals surface area (Å²) in [7, 11) is 0. The monoisotopic (exact) mass is 193 g/mol. The molecule has 0 aliphatic carbocycles. The first-order valence-electron chi connectivity index (χ1n) is 5.12. The van der Waals surface area contributed by atoms with Crippen molar-refractivity contribution >= 4 is 0 Å². The molecule has 1 rings (SSSR count). The summed E-state index contributed by atoms with van der Waals surface area (Å²) in [5, 5.41) is 9.64. The third-order valence-electron chi connectivity index (χ3n) is 2.73. The maximum atomic E-state index is 9.64. The fourth-order valence-corrected chi connectivity index (χ4v) is 1.70. The van der Waals surface area contributed by atoms with Gasteiger partial charge in [-0.1, -0.05) is 19.9 Å². The number of aromatic hydroxyl groups is 1. The Morgan fingerprint density at radius 3 is 2.57 bits per heavy atom. The molecule has 78 valence electrons. The average molecular weight is 193 g/mol. The van der Waals surface area contributed by atoms with Crippen LogP contribution in [0.5, 0.6) is 5.75 Å². The van der Waals surface area contributed by atoms with Gasteiger partial charge in [0.15, 0.2) is 0 Å². The Morgan fingerprint density at radius 2 is 2.07 bits per heavy atom. The number of hydrogen-bond donors (Lipinski definition) is 2. The zero-order valence-electron chi connectivity index (χ0n) is 9.17. The summed E-state index contributed by atoms with van der Waals surface area (Å²) in [6.07, 6.45) is 0.858. The molecule has 2 heteroatoms. The van der Waals surface area contributed by atoms with Crippen LogP contribution in [0, 0.1) is 6.92 Å². The lowest BCUT2D eigenvalue weighted by molar-refractivity contribution is 0.468. The molecule has 0 fully saturated rings. The van der Waals surface area contributed by atoms with E-state index in [-0.39, 0.29) is 0 Å². The largest absolute Gasteiger partial charge is 0.508 e. The smallest absolute Gasteiger partial charge is 0.119 e. The molecule has 0 bridgehead atoms. The molecule has 0 heterocycles. The lowest BCUT2D eigenvalue weighted by Gasteiger charge is -2.15. The van der Waals surface area contributed by atoms with Crippen LogP contribution in [0.2, 0.25) is 0 Å². The Labute approximate surface area is 85.8 Å². The van der Waals surface area contributed by atoms with E-state index in [0.717, 1.165) is 17.5 Å². The summed E-state index contributed by atoms with van der Waals surface area (Å²) in [4.78, 5) is 0. The summed E-state index contributed by atoms with van der Waals surface area (Å²) in [5.41, 5.74) is 9.02. The van der Waals surface area contributed by atoms with Crippen LogP contribution in [0.15, 0.2) is 12.1 Å². The van der Waals surface area contributed by atoms with Gasteiger partial charge >= 0.3 is 0 Å². The highest BCUT2D eigenvalue weighted by Crippen LogP contribution is 2.27. The summed E-state index contributed by atoms with van der Waals surface area (Å²) >= 11 is 0. The fourth-order valence-electron chi connectivity index (χ4n) is 1.70. The Morgan fingerprint density at radius 1 is 1.43 bits per heavy atom. The summed E-state index contributed by atoms with van der Waals surface area (Å²) in [5.74, 6) is 0.763. The minimum absolute atomic E-state index is 0.362. The molecule has 0 saturated carbocycles. The zero-order valence-corrected chi connectivity index (χ0v) is 9.17. The van der Waals surface area contributed by atoms with E-state index in [4.69, 9.17) is 5.73 Å². The van der Waals surface area contributed by atoms with Gasteiger partial charge in [-0.25, -0.2) is 0 Å². The Bertz CT molecular complexity index is 320. The normalized spacial score (nSPS) is 12.9. The molecule has 0 amide bonds. The molecule has 14 heavy (non-hydrogen) atoms. The Kier molecular flexibility index (Phi) is 3.53. The molecule has 0 aliphatic rings. The molecule has 2 nitrogen and oxygen atoms in total. The van der Waals surface area contributed by atoms with Crippen LogP contribution in [0.1, 0.15) is 36.5 Å². The van der Waals surface area contributed by atoms with Gasteiger partial charge in [-0.3, -0.25) is 0 Å². The van der Waals surface area contributed by atoms with Crippen molar-refractivity contribution in [3.63, 3.8) is 0 Å². The predicted molar refractivity (Wildman–Crippen MR) is 59.7 cm³/mol. The molecule has 0 aromatic heterocycles. The van der Waals surface area contributed by atoms with Crippen LogP contribution < -0.4 is 5.73 Å². The molecule has 0 radical (unpaired) electrons. The minimum atomic E-state index is 0.362. The van der Waals surface area contributed by atoms with Crippen LogP contribution >= 0.6 is 0 Å². The van der Waals surface area contributed by atoms with Crippen LogP contribution in [0.3, 0.4) is 0 Å². The van der Waals surface area contributed by atoms with Crippen molar-refractivity contribution in [3.8, 4) is 5.75 Å². The minimum Gasteiger partial charge on any atom is -0.508 e. The molecule has 1 unspecified atom stereocenters. The van der Waals surface area contributed by atoms with Crippen molar-refractivity contribution in [2.45, 2.75) is 33.1 Å². The first-order valence-corrected chi connectivity index (χ1v) is 5.12. The Balaban J connectivity index is 3.17. The third-order valence-corrected chi connectivity index (χ3v) is 2.73. The highest BCUT2D eigenvalue weighted by molar-refractivity contribution is 5.42. The number of rotatable bonds is 3. The van der Waals surface area contributed by atoms with E-state index >= 15 is 0 Å². The van der Waals surface area contributed by atoms with E-state index in [1.54, 1.807) is 0 Å². The van der Waals surface area contributed by atoms with E-state index in [0.29, 0.717) is 18.2 Å². The van der Waals surface area contributed by atoms with Crippen molar-refractivity contribution in [1.29, 1.82) is 0 Å². The maximum absolute atomic E-state index is 9.64. The topological polar surface area (TPSA) is 46.2 Å². The van der Waals surface area contributed by atoms with Gasteiger partial charge in [0.25, 0.3) is 0 Å². The van der Waals surface area contributed by atoms with Gasteiger partial charge in [0, 0.05) is 0 Å². The standard InChI is InChI=1S/C12H19NO/c1-4-10-6-11(9(3)7-13)8(2)5-12(10)14/h5-6,9,14H,4,7,13H2,1-3H3. The number of benzene rings is 1. The van der Waals surface area contributed by atoms with Gasteiger partial charge < -0.3 is 10.8 Å². The van der Waals surface area contributed by atoms with Gasteiger partial charge in [0.1, 0.15) is 5.75 Å². The van der Waals surface area contributed by atoms with E-state index < -0.39 is 0 Å². The van der Waals surface area contributed by atoms with E-state index in [2.05, 4.69) is 13.0 Å². The fraction of sp³-hybridized carbons (Fsp3) is 0.500.